The lowest BCUT2D eigenvalue weighted by molar-refractivity contribution is -0.207. The Labute approximate surface area is 240 Å². The first-order valence-electron chi connectivity index (χ1n) is 12.9. The highest BCUT2D eigenvalue weighted by atomic mass is 16.6. The van der Waals surface area contributed by atoms with Gasteiger partial charge in [-0.25, -0.2) is 14.4 Å². The first-order chi connectivity index (χ1) is 19.8. The van der Waals surface area contributed by atoms with Crippen LogP contribution in [0.15, 0.2) is 48.6 Å². The molecule has 2 aromatic carbocycles. The zero-order valence-corrected chi connectivity index (χ0v) is 22.5. The van der Waals surface area contributed by atoms with E-state index in [0.717, 1.165) is 12.2 Å². The standard InChI is InChI=1S/C29H32O13/c1-2-18(30)15-40-28(38)29(39)13-23(41-25(35)9-5-16-3-7-19(31)21(33)11-16)27(37)24(14-29)42-26(36)10-6-17-4-8-20(32)22(34)12-17/h3-12,18,23-24,27,30-34,37,39H,2,13-15H2,1H3/b9-5+,10-6+/t18?,23-,24-,27?,29?/m1/s1. The predicted molar refractivity (Wildman–Crippen MR) is 145 cm³/mol. The molecule has 0 radical (unpaired) electrons. The van der Waals surface area contributed by atoms with E-state index in [4.69, 9.17) is 14.2 Å². The number of hydrogen-bond acceptors (Lipinski definition) is 13. The van der Waals surface area contributed by atoms with Gasteiger partial charge in [-0.05, 0) is 54.0 Å². The fraction of sp³-hybridized carbons (Fsp3) is 0.345. The van der Waals surface area contributed by atoms with Gasteiger partial charge in [0.15, 0.2) is 28.6 Å². The monoisotopic (exact) mass is 588 g/mol. The summed E-state index contributed by atoms with van der Waals surface area (Å²) in [5.74, 6) is -4.79. The maximum Gasteiger partial charge on any atom is 0.338 e. The van der Waals surface area contributed by atoms with Crippen LogP contribution in [-0.2, 0) is 28.6 Å². The molecule has 0 heterocycles. The van der Waals surface area contributed by atoms with Crippen molar-refractivity contribution in [3.8, 4) is 23.0 Å². The summed E-state index contributed by atoms with van der Waals surface area (Å²) in [6.07, 6.45) is -2.37. The second kappa shape index (κ2) is 13.9. The number of esters is 3. The number of ether oxygens (including phenoxy) is 3. The molecule has 0 aliphatic heterocycles. The van der Waals surface area contributed by atoms with Crippen molar-refractivity contribution in [1.29, 1.82) is 0 Å². The average molecular weight is 589 g/mol. The molecule has 2 aromatic rings. The minimum absolute atomic E-state index is 0.265. The molecule has 0 spiro atoms. The van der Waals surface area contributed by atoms with Crippen molar-refractivity contribution in [3.63, 3.8) is 0 Å². The predicted octanol–water partition coefficient (Wildman–Crippen LogP) is 1.26. The Morgan fingerprint density at radius 2 is 1.31 bits per heavy atom. The topological polar surface area (TPSA) is 221 Å². The van der Waals surface area contributed by atoms with E-state index in [-0.39, 0.29) is 17.9 Å². The number of carbonyl (C=O) groups is 3. The van der Waals surface area contributed by atoms with Gasteiger partial charge < -0.3 is 50.0 Å². The Hall–Kier alpha value is -4.59. The van der Waals surface area contributed by atoms with Gasteiger partial charge in [-0.1, -0.05) is 19.1 Å². The molecule has 0 amide bonds. The van der Waals surface area contributed by atoms with Gasteiger partial charge in [0, 0.05) is 25.0 Å². The van der Waals surface area contributed by atoms with Crippen LogP contribution in [0.25, 0.3) is 12.2 Å². The highest BCUT2D eigenvalue weighted by Crippen LogP contribution is 2.34. The number of aliphatic hydroxyl groups excluding tert-OH is 2. The van der Waals surface area contributed by atoms with Gasteiger partial charge in [0.25, 0.3) is 0 Å². The van der Waals surface area contributed by atoms with Crippen molar-refractivity contribution in [2.45, 2.75) is 56.2 Å². The van der Waals surface area contributed by atoms with Crippen LogP contribution >= 0.6 is 0 Å². The van der Waals surface area contributed by atoms with Gasteiger partial charge in [-0.2, -0.15) is 0 Å². The van der Waals surface area contributed by atoms with Crippen LogP contribution in [0.2, 0.25) is 0 Å². The minimum Gasteiger partial charge on any atom is -0.504 e. The Morgan fingerprint density at radius 3 is 1.71 bits per heavy atom. The molecular weight excluding hydrogens is 556 g/mol. The summed E-state index contributed by atoms with van der Waals surface area (Å²) in [6.45, 7) is 1.22. The average Bonchev–Trinajstić information content (AvgIpc) is 2.95. The van der Waals surface area contributed by atoms with Crippen LogP contribution < -0.4 is 0 Å². The first kappa shape index (κ1) is 31.9. The third-order valence-corrected chi connectivity index (χ3v) is 6.46. The molecule has 42 heavy (non-hydrogen) atoms. The van der Waals surface area contributed by atoms with Gasteiger partial charge in [0.1, 0.15) is 24.9 Å². The van der Waals surface area contributed by atoms with Gasteiger partial charge in [-0.3, -0.25) is 0 Å². The van der Waals surface area contributed by atoms with Crippen LogP contribution in [0.5, 0.6) is 23.0 Å². The van der Waals surface area contributed by atoms with Gasteiger partial charge in [-0.15, -0.1) is 0 Å². The van der Waals surface area contributed by atoms with Crippen LogP contribution in [-0.4, -0.2) is 90.3 Å². The summed E-state index contributed by atoms with van der Waals surface area (Å²) in [4.78, 5) is 37.9. The summed E-state index contributed by atoms with van der Waals surface area (Å²) < 4.78 is 15.6. The highest BCUT2D eigenvalue weighted by molar-refractivity contribution is 5.88. The smallest absolute Gasteiger partial charge is 0.338 e. The normalized spacial score (nSPS) is 23.0. The van der Waals surface area contributed by atoms with E-state index >= 15 is 0 Å². The zero-order chi connectivity index (χ0) is 31.0. The van der Waals surface area contributed by atoms with Crippen molar-refractivity contribution >= 4 is 30.1 Å². The van der Waals surface area contributed by atoms with E-state index < -0.39 is 78.9 Å². The van der Waals surface area contributed by atoms with E-state index in [1.54, 1.807) is 6.92 Å². The minimum atomic E-state index is -2.37. The molecule has 1 saturated carbocycles. The maximum atomic E-state index is 12.8. The maximum absolute atomic E-state index is 12.8. The molecule has 13 heteroatoms. The third kappa shape index (κ3) is 8.46. The number of aromatic hydroxyl groups is 4. The van der Waals surface area contributed by atoms with Crippen LogP contribution in [0.1, 0.15) is 37.3 Å². The molecule has 1 fully saturated rings. The number of phenols is 4. The molecule has 13 nitrogen and oxygen atoms in total. The molecular formula is C29H32O13. The number of rotatable bonds is 10. The Bertz CT molecular complexity index is 1260. The molecule has 226 valence electrons. The Balaban J connectivity index is 1.77. The number of carbonyl (C=O) groups excluding carboxylic acids is 3. The van der Waals surface area contributed by atoms with Gasteiger partial charge >= 0.3 is 17.9 Å². The molecule has 1 unspecified atom stereocenters. The van der Waals surface area contributed by atoms with E-state index in [0.29, 0.717) is 11.1 Å². The summed E-state index contributed by atoms with van der Waals surface area (Å²) in [6, 6.07) is 7.55. The van der Waals surface area contributed by atoms with Gasteiger partial charge in [0.2, 0.25) is 0 Å². The molecule has 7 N–H and O–H groups in total. The first-order valence-corrected chi connectivity index (χ1v) is 12.9. The van der Waals surface area contributed by atoms with Crippen molar-refractivity contribution in [2.24, 2.45) is 0 Å². The van der Waals surface area contributed by atoms with Crippen LogP contribution in [0.4, 0.5) is 0 Å². The summed E-state index contributed by atoms with van der Waals surface area (Å²) in [5.41, 5.74) is -1.73. The van der Waals surface area contributed by atoms with Crippen molar-refractivity contribution in [1.82, 2.24) is 0 Å². The highest BCUT2D eigenvalue weighted by Gasteiger charge is 2.53. The number of benzene rings is 2. The van der Waals surface area contributed by atoms with Crippen LogP contribution in [0.3, 0.4) is 0 Å². The zero-order valence-electron chi connectivity index (χ0n) is 22.5. The Morgan fingerprint density at radius 1 is 0.857 bits per heavy atom. The molecule has 0 aromatic heterocycles. The van der Waals surface area contributed by atoms with E-state index in [1.165, 1.54) is 48.6 Å². The lowest BCUT2D eigenvalue weighted by Crippen LogP contribution is -2.58. The SMILES string of the molecule is CCC(O)COC(=O)C1(O)C[C@@H](OC(=O)/C=C/c2ccc(O)c(O)c2)C(O)[C@H](OC(=O)/C=C/c2ccc(O)c(O)c2)C1. The lowest BCUT2D eigenvalue weighted by Gasteiger charge is -2.41. The molecule has 0 saturated heterocycles. The van der Waals surface area contributed by atoms with Crippen molar-refractivity contribution in [2.75, 3.05) is 6.61 Å². The summed E-state index contributed by atoms with van der Waals surface area (Å²) in [7, 11) is 0. The lowest BCUT2D eigenvalue weighted by atomic mass is 9.79. The summed E-state index contributed by atoms with van der Waals surface area (Å²) in [5, 5.41) is 69.8. The fourth-order valence-electron chi connectivity index (χ4n) is 4.04. The van der Waals surface area contributed by atoms with Gasteiger partial charge in [0.05, 0.1) is 6.10 Å². The fourth-order valence-corrected chi connectivity index (χ4v) is 4.04. The second-order valence-electron chi connectivity index (χ2n) is 9.70. The molecule has 3 atom stereocenters. The number of aliphatic hydroxyl groups is 3. The third-order valence-electron chi connectivity index (χ3n) is 6.46. The Kier molecular flexibility index (Phi) is 10.5. The van der Waals surface area contributed by atoms with E-state index in [9.17, 15) is 50.1 Å². The molecule has 0 bridgehead atoms. The summed E-state index contributed by atoms with van der Waals surface area (Å²) >= 11 is 0. The van der Waals surface area contributed by atoms with Crippen molar-refractivity contribution in [3.05, 3.63) is 59.7 Å². The molecule has 1 aliphatic rings. The quantitative estimate of drug-likeness (QED) is 0.0900. The largest absolute Gasteiger partial charge is 0.504 e. The van der Waals surface area contributed by atoms with E-state index in [2.05, 4.69) is 0 Å². The molecule has 3 rings (SSSR count). The molecule has 1 aliphatic carbocycles. The number of hydrogen-bond donors (Lipinski definition) is 7. The number of phenolic OH excluding ortho intramolecular Hbond substituents is 4. The van der Waals surface area contributed by atoms with E-state index in [1.807, 2.05) is 0 Å². The van der Waals surface area contributed by atoms with Crippen LogP contribution in [0, 0.1) is 0 Å². The second-order valence-corrected chi connectivity index (χ2v) is 9.70. The van der Waals surface area contributed by atoms with Crippen molar-refractivity contribution < 1.29 is 64.3 Å².